The molecule has 3 nitrogen and oxygen atoms in total. The van der Waals surface area contributed by atoms with Gasteiger partial charge in [-0.2, -0.15) is 0 Å². The Morgan fingerprint density at radius 1 is 1.05 bits per heavy atom. The summed E-state index contributed by atoms with van der Waals surface area (Å²) in [5.41, 5.74) is 1.40. The van der Waals surface area contributed by atoms with Crippen molar-refractivity contribution in [3.8, 4) is 5.75 Å². The van der Waals surface area contributed by atoms with E-state index in [4.69, 9.17) is 9.47 Å². The van der Waals surface area contributed by atoms with Crippen LogP contribution in [-0.4, -0.2) is 19.5 Å². The van der Waals surface area contributed by atoms with E-state index >= 15 is 0 Å². The van der Waals surface area contributed by atoms with Crippen molar-refractivity contribution in [2.24, 2.45) is 0 Å². The molecule has 0 aromatic heterocycles. The second-order valence-corrected chi connectivity index (χ2v) is 4.74. The molecule has 2 aromatic carbocycles. The first-order chi connectivity index (χ1) is 10.3. The van der Waals surface area contributed by atoms with Gasteiger partial charge in [-0.3, -0.25) is 4.79 Å². The van der Waals surface area contributed by atoms with E-state index in [1.54, 1.807) is 13.2 Å². The number of benzene rings is 2. The van der Waals surface area contributed by atoms with Crippen LogP contribution >= 0.6 is 0 Å². The molecule has 2 aromatic rings. The van der Waals surface area contributed by atoms with Crippen molar-refractivity contribution in [2.75, 3.05) is 13.7 Å². The van der Waals surface area contributed by atoms with Crippen molar-refractivity contribution < 1.29 is 14.3 Å². The maximum absolute atomic E-state index is 12.8. The van der Waals surface area contributed by atoms with Crippen molar-refractivity contribution in [3.05, 3.63) is 65.7 Å². The molecule has 0 saturated heterocycles. The van der Waals surface area contributed by atoms with Crippen molar-refractivity contribution in [2.45, 2.75) is 19.4 Å². The molecule has 21 heavy (non-hydrogen) atoms. The SMILES string of the molecule is CCCOc1ccccc1C(=O)C(OC)c1ccccc1. The van der Waals surface area contributed by atoms with Gasteiger partial charge in [-0.15, -0.1) is 0 Å². The average molecular weight is 284 g/mol. The molecule has 0 N–H and O–H groups in total. The number of para-hydroxylation sites is 1. The van der Waals surface area contributed by atoms with Crippen LogP contribution in [0.3, 0.4) is 0 Å². The van der Waals surface area contributed by atoms with Crippen LogP contribution in [0.5, 0.6) is 5.75 Å². The Labute approximate surface area is 125 Å². The summed E-state index contributed by atoms with van der Waals surface area (Å²) in [6.45, 7) is 2.62. The van der Waals surface area contributed by atoms with E-state index in [1.807, 2.05) is 55.5 Å². The maximum Gasteiger partial charge on any atom is 0.199 e. The Morgan fingerprint density at radius 2 is 1.71 bits per heavy atom. The highest BCUT2D eigenvalue weighted by Gasteiger charge is 2.24. The molecular weight excluding hydrogens is 264 g/mol. The summed E-state index contributed by atoms with van der Waals surface area (Å²) in [5.74, 6) is 0.526. The van der Waals surface area contributed by atoms with E-state index in [0.717, 1.165) is 12.0 Å². The number of Topliss-reactive ketones (excluding diaryl/α,β-unsaturated/α-hetero) is 1. The minimum atomic E-state index is -0.613. The summed E-state index contributed by atoms with van der Waals surface area (Å²) < 4.78 is 11.1. The maximum atomic E-state index is 12.8. The summed E-state index contributed by atoms with van der Waals surface area (Å²) >= 11 is 0. The second kappa shape index (κ2) is 7.60. The fraction of sp³-hybridized carbons (Fsp3) is 0.278. The number of carbonyl (C=O) groups is 1. The van der Waals surface area contributed by atoms with E-state index in [0.29, 0.717) is 17.9 Å². The zero-order valence-electron chi connectivity index (χ0n) is 12.4. The van der Waals surface area contributed by atoms with Crippen molar-refractivity contribution in [3.63, 3.8) is 0 Å². The summed E-state index contributed by atoms with van der Waals surface area (Å²) in [6, 6.07) is 16.8. The van der Waals surface area contributed by atoms with Gasteiger partial charge in [0.15, 0.2) is 5.78 Å². The molecule has 3 heteroatoms. The molecule has 0 fully saturated rings. The number of carbonyl (C=O) groups excluding carboxylic acids is 1. The zero-order valence-corrected chi connectivity index (χ0v) is 12.4. The quantitative estimate of drug-likeness (QED) is 0.720. The molecule has 110 valence electrons. The molecule has 0 spiro atoms. The van der Waals surface area contributed by atoms with E-state index in [2.05, 4.69) is 0 Å². The predicted octanol–water partition coefficient (Wildman–Crippen LogP) is 4.05. The lowest BCUT2D eigenvalue weighted by Gasteiger charge is -2.17. The van der Waals surface area contributed by atoms with Crippen LogP contribution in [0.2, 0.25) is 0 Å². The molecule has 0 bridgehead atoms. The molecule has 0 aliphatic heterocycles. The van der Waals surface area contributed by atoms with Gasteiger partial charge >= 0.3 is 0 Å². The number of methoxy groups -OCH3 is 1. The van der Waals surface area contributed by atoms with Gasteiger partial charge in [-0.25, -0.2) is 0 Å². The Kier molecular flexibility index (Phi) is 5.52. The highest BCUT2D eigenvalue weighted by molar-refractivity contribution is 6.02. The largest absolute Gasteiger partial charge is 0.493 e. The lowest BCUT2D eigenvalue weighted by atomic mass is 9.99. The average Bonchev–Trinajstić information content (AvgIpc) is 2.55. The first-order valence-corrected chi connectivity index (χ1v) is 7.11. The lowest BCUT2D eigenvalue weighted by Crippen LogP contribution is -2.16. The second-order valence-electron chi connectivity index (χ2n) is 4.74. The third-order valence-electron chi connectivity index (χ3n) is 3.19. The third-order valence-corrected chi connectivity index (χ3v) is 3.19. The molecule has 1 unspecified atom stereocenters. The van der Waals surface area contributed by atoms with Gasteiger partial charge in [0, 0.05) is 7.11 Å². The van der Waals surface area contributed by atoms with Gasteiger partial charge in [0.2, 0.25) is 0 Å². The van der Waals surface area contributed by atoms with Crippen molar-refractivity contribution in [1.29, 1.82) is 0 Å². The Morgan fingerprint density at radius 3 is 2.38 bits per heavy atom. The minimum Gasteiger partial charge on any atom is -0.493 e. The summed E-state index contributed by atoms with van der Waals surface area (Å²) in [4.78, 5) is 12.8. The number of hydrogen-bond acceptors (Lipinski definition) is 3. The van der Waals surface area contributed by atoms with Gasteiger partial charge in [0.1, 0.15) is 11.9 Å². The van der Waals surface area contributed by atoms with Crippen molar-refractivity contribution in [1.82, 2.24) is 0 Å². The highest BCUT2D eigenvalue weighted by Crippen LogP contribution is 2.27. The molecule has 0 aliphatic carbocycles. The Bertz CT molecular complexity index is 578. The molecule has 0 amide bonds. The molecule has 0 aliphatic rings. The van der Waals surface area contributed by atoms with Crippen LogP contribution in [0, 0.1) is 0 Å². The first kappa shape index (κ1) is 15.3. The van der Waals surface area contributed by atoms with E-state index in [1.165, 1.54) is 0 Å². The fourth-order valence-electron chi connectivity index (χ4n) is 2.17. The van der Waals surface area contributed by atoms with Gasteiger partial charge in [-0.05, 0) is 24.1 Å². The monoisotopic (exact) mass is 284 g/mol. The van der Waals surface area contributed by atoms with Crippen LogP contribution in [0.4, 0.5) is 0 Å². The number of ketones is 1. The summed E-state index contributed by atoms with van der Waals surface area (Å²) in [5, 5.41) is 0. The smallest absolute Gasteiger partial charge is 0.199 e. The molecule has 0 saturated carbocycles. The highest BCUT2D eigenvalue weighted by atomic mass is 16.5. The summed E-state index contributed by atoms with van der Waals surface area (Å²) in [7, 11) is 1.55. The van der Waals surface area contributed by atoms with Gasteiger partial charge < -0.3 is 9.47 Å². The molecule has 0 radical (unpaired) electrons. The minimum absolute atomic E-state index is 0.0876. The lowest BCUT2D eigenvalue weighted by molar-refractivity contribution is 0.0600. The molecular formula is C18H20O3. The molecule has 0 heterocycles. The predicted molar refractivity (Wildman–Crippen MR) is 82.8 cm³/mol. The zero-order chi connectivity index (χ0) is 15.1. The van der Waals surface area contributed by atoms with Crippen LogP contribution in [0.25, 0.3) is 0 Å². The topological polar surface area (TPSA) is 35.5 Å². The molecule has 2 rings (SSSR count). The van der Waals surface area contributed by atoms with E-state index in [9.17, 15) is 4.79 Å². The molecule has 1 atom stereocenters. The number of rotatable bonds is 7. The normalized spacial score (nSPS) is 11.9. The number of hydrogen-bond donors (Lipinski definition) is 0. The fourth-order valence-corrected chi connectivity index (χ4v) is 2.17. The van der Waals surface area contributed by atoms with Crippen LogP contribution in [0.1, 0.15) is 35.4 Å². The van der Waals surface area contributed by atoms with Crippen LogP contribution in [-0.2, 0) is 4.74 Å². The van der Waals surface area contributed by atoms with E-state index < -0.39 is 6.10 Å². The van der Waals surface area contributed by atoms with Gasteiger partial charge in [0.25, 0.3) is 0 Å². The van der Waals surface area contributed by atoms with Gasteiger partial charge in [-0.1, -0.05) is 49.4 Å². The van der Waals surface area contributed by atoms with E-state index in [-0.39, 0.29) is 5.78 Å². The van der Waals surface area contributed by atoms with Crippen molar-refractivity contribution >= 4 is 5.78 Å². The van der Waals surface area contributed by atoms with Crippen LogP contribution in [0.15, 0.2) is 54.6 Å². The number of ether oxygens (including phenoxy) is 2. The first-order valence-electron chi connectivity index (χ1n) is 7.11. The Hall–Kier alpha value is -2.13. The summed E-state index contributed by atoms with van der Waals surface area (Å²) in [6.07, 6.45) is 0.284. The van der Waals surface area contributed by atoms with Gasteiger partial charge in [0.05, 0.1) is 12.2 Å². The standard InChI is InChI=1S/C18H20O3/c1-3-13-21-16-12-8-7-11-15(16)17(19)18(20-2)14-9-5-4-6-10-14/h4-12,18H,3,13H2,1-2H3. The van der Waals surface area contributed by atoms with Crippen LogP contribution < -0.4 is 4.74 Å². The third kappa shape index (κ3) is 3.70. The Balaban J connectivity index is 2.30.